The van der Waals surface area contributed by atoms with Gasteiger partial charge >= 0.3 is 0 Å². The number of carbonyl (C=O) groups excluding carboxylic acids is 1. The van der Waals surface area contributed by atoms with Gasteiger partial charge < -0.3 is 10.4 Å². The Morgan fingerprint density at radius 1 is 1.52 bits per heavy atom. The molecule has 0 fully saturated rings. The first kappa shape index (κ1) is 15.5. The van der Waals surface area contributed by atoms with Gasteiger partial charge in [-0.1, -0.05) is 17.7 Å². The van der Waals surface area contributed by atoms with Crippen LogP contribution in [-0.2, 0) is 12.6 Å². The van der Waals surface area contributed by atoms with Gasteiger partial charge in [-0.25, -0.2) is 0 Å². The summed E-state index contributed by atoms with van der Waals surface area (Å²) in [5.41, 5.74) is 0.841. The van der Waals surface area contributed by atoms with Crippen molar-refractivity contribution in [2.75, 3.05) is 6.54 Å². The Balaban J connectivity index is 2.04. The molecule has 2 N–H and O–H groups in total. The van der Waals surface area contributed by atoms with Crippen LogP contribution in [0.1, 0.15) is 28.4 Å². The molecule has 1 amide bonds. The number of nitrogens with one attached hydrogen (secondary N) is 1. The van der Waals surface area contributed by atoms with Crippen molar-refractivity contribution in [1.29, 1.82) is 0 Å². The predicted octanol–water partition coefficient (Wildman–Crippen LogP) is 2.02. The molecular weight excluding hydrogens is 290 g/mol. The van der Waals surface area contributed by atoms with E-state index in [9.17, 15) is 9.90 Å². The zero-order valence-electron chi connectivity index (χ0n) is 12.2. The van der Waals surface area contributed by atoms with Crippen molar-refractivity contribution in [3.05, 3.63) is 52.3 Å². The van der Waals surface area contributed by atoms with Crippen LogP contribution in [0.3, 0.4) is 0 Å². The molecule has 1 aromatic heterocycles. The third-order valence-corrected chi connectivity index (χ3v) is 3.76. The fourth-order valence-corrected chi connectivity index (χ4v) is 2.07. The Labute approximate surface area is 128 Å². The summed E-state index contributed by atoms with van der Waals surface area (Å²) in [6.45, 7) is 3.59. The Kier molecular flexibility index (Phi) is 4.34. The highest BCUT2D eigenvalue weighted by atomic mass is 35.5. The van der Waals surface area contributed by atoms with Gasteiger partial charge in [0.05, 0.1) is 12.7 Å². The molecule has 1 atom stereocenters. The minimum Gasteiger partial charge on any atom is -0.383 e. The molecule has 6 heteroatoms. The number of aryl methyl sites for hydroxylation is 2. The molecule has 1 unspecified atom stereocenters. The van der Waals surface area contributed by atoms with Crippen molar-refractivity contribution in [1.82, 2.24) is 15.1 Å². The summed E-state index contributed by atoms with van der Waals surface area (Å²) in [5, 5.41) is 17.7. The summed E-state index contributed by atoms with van der Waals surface area (Å²) in [7, 11) is 1.77. The van der Waals surface area contributed by atoms with Crippen LogP contribution in [0.15, 0.2) is 30.6 Å². The fraction of sp³-hybridized carbons (Fsp3) is 0.333. The van der Waals surface area contributed by atoms with Gasteiger partial charge in [0.2, 0.25) is 0 Å². The van der Waals surface area contributed by atoms with E-state index in [1.807, 2.05) is 6.92 Å². The number of nitrogens with zero attached hydrogens (tertiary/aromatic N) is 2. The van der Waals surface area contributed by atoms with E-state index in [2.05, 4.69) is 10.4 Å². The predicted molar refractivity (Wildman–Crippen MR) is 81.3 cm³/mol. The number of amides is 1. The van der Waals surface area contributed by atoms with E-state index in [1.54, 1.807) is 49.2 Å². The molecule has 21 heavy (non-hydrogen) atoms. The Morgan fingerprint density at radius 2 is 2.24 bits per heavy atom. The Morgan fingerprint density at radius 3 is 2.81 bits per heavy atom. The lowest BCUT2D eigenvalue weighted by atomic mass is 9.99. The molecular formula is C15H18ClN3O2. The normalized spacial score (nSPS) is 13.8. The van der Waals surface area contributed by atoms with E-state index in [0.29, 0.717) is 16.1 Å². The van der Waals surface area contributed by atoms with Crippen LogP contribution in [0.25, 0.3) is 0 Å². The minimum atomic E-state index is -1.18. The van der Waals surface area contributed by atoms with Crippen molar-refractivity contribution in [3.63, 3.8) is 0 Å². The van der Waals surface area contributed by atoms with E-state index in [4.69, 9.17) is 11.6 Å². The zero-order chi connectivity index (χ0) is 15.6. The van der Waals surface area contributed by atoms with E-state index in [0.717, 1.165) is 5.56 Å². The van der Waals surface area contributed by atoms with Gasteiger partial charge in [-0.15, -0.1) is 0 Å². The molecule has 0 aliphatic heterocycles. The van der Waals surface area contributed by atoms with Crippen LogP contribution in [0.5, 0.6) is 0 Å². The highest BCUT2D eigenvalue weighted by molar-refractivity contribution is 6.31. The molecule has 0 radical (unpaired) electrons. The van der Waals surface area contributed by atoms with E-state index in [-0.39, 0.29) is 12.5 Å². The lowest BCUT2D eigenvalue weighted by Crippen LogP contribution is -2.38. The minimum absolute atomic E-state index is 0.0863. The molecule has 0 aliphatic rings. The average Bonchev–Trinajstić information content (AvgIpc) is 2.87. The monoisotopic (exact) mass is 307 g/mol. The second kappa shape index (κ2) is 5.87. The molecule has 112 valence electrons. The van der Waals surface area contributed by atoms with Gasteiger partial charge in [-0.3, -0.25) is 9.48 Å². The second-order valence-corrected chi connectivity index (χ2v) is 5.73. The lowest BCUT2D eigenvalue weighted by Gasteiger charge is -2.22. The summed E-state index contributed by atoms with van der Waals surface area (Å²) < 4.78 is 1.60. The largest absolute Gasteiger partial charge is 0.383 e. The number of hydrogen-bond acceptors (Lipinski definition) is 3. The number of rotatable bonds is 4. The standard InChI is InChI=1S/C15H18ClN3O2/c1-10-4-5-11(6-13(10)16)14(20)17-9-15(2,21)12-7-18-19(3)8-12/h4-8,21H,9H2,1-3H3,(H,17,20). The number of hydrogen-bond donors (Lipinski definition) is 2. The molecule has 1 heterocycles. The molecule has 2 aromatic rings. The van der Waals surface area contributed by atoms with Crippen LogP contribution >= 0.6 is 11.6 Å². The first-order chi connectivity index (χ1) is 9.79. The third-order valence-electron chi connectivity index (χ3n) is 3.35. The highest BCUT2D eigenvalue weighted by Crippen LogP contribution is 2.19. The molecule has 5 nitrogen and oxygen atoms in total. The van der Waals surface area contributed by atoms with Crippen LogP contribution < -0.4 is 5.32 Å². The van der Waals surface area contributed by atoms with Gasteiger partial charge in [0, 0.05) is 29.4 Å². The van der Waals surface area contributed by atoms with Crippen LogP contribution in [0.2, 0.25) is 5.02 Å². The van der Waals surface area contributed by atoms with Gasteiger partial charge in [0.15, 0.2) is 0 Å². The van der Waals surface area contributed by atoms with Crippen LogP contribution in [0.4, 0.5) is 0 Å². The topological polar surface area (TPSA) is 67.2 Å². The summed E-state index contributed by atoms with van der Waals surface area (Å²) in [6.07, 6.45) is 3.30. The van der Waals surface area contributed by atoms with Crippen molar-refractivity contribution in [2.24, 2.45) is 7.05 Å². The maximum Gasteiger partial charge on any atom is 0.251 e. The maximum atomic E-state index is 12.1. The molecule has 0 saturated carbocycles. The lowest BCUT2D eigenvalue weighted by molar-refractivity contribution is 0.0526. The number of benzene rings is 1. The van der Waals surface area contributed by atoms with Crippen molar-refractivity contribution < 1.29 is 9.90 Å². The quantitative estimate of drug-likeness (QED) is 0.908. The number of carbonyl (C=O) groups is 1. The first-order valence-electron chi connectivity index (χ1n) is 6.55. The molecule has 2 rings (SSSR count). The third kappa shape index (κ3) is 3.62. The molecule has 0 saturated heterocycles. The number of halogens is 1. The van der Waals surface area contributed by atoms with E-state index in [1.165, 1.54) is 0 Å². The Hall–Kier alpha value is -1.85. The first-order valence-corrected chi connectivity index (χ1v) is 6.93. The van der Waals surface area contributed by atoms with Gasteiger partial charge in [0.1, 0.15) is 5.60 Å². The molecule has 0 bridgehead atoms. The van der Waals surface area contributed by atoms with E-state index < -0.39 is 5.60 Å². The summed E-state index contributed by atoms with van der Waals surface area (Å²) >= 11 is 6.01. The number of aliphatic hydroxyl groups is 1. The SMILES string of the molecule is Cc1ccc(C(=O)NCC(C)(O)c2cnn(C)c2)cc1Cl. The van der Waals surface area contributed by atoms with Crippen LogP contribution in [-0.4, -0.2) is 27.3 Å². The second-order valence-electron chi connectivity index (χ2n) is 5.32. The number of aromatic nitrogens is 2. The molecule has 1 aromatic carbocycles. The van der Waals surface area contributed by atoms with Gasteiger partial charge in [-0.2, -0.15) is 5.10 Å². The van der Waals surface area contributed by atoms with Gasteiger partial charge in [-0.05, 0) is 31.5 Å². The maximum absolute atomic E-state index is 12.1. The summed E-state index contributed by atoms with van der Waals surface area (Å²) in [5.74, 6) is -0.277. The molecule has 0 aliphatic carbocycles. The van der Waals surface area contributed by atoms with Crippen molar-refractivity contribution in [2.45, 2.75) is 19.4 Å². The molecule has 0 spiro atoms. The van der Waals surface area contributed by atoms with Crippen LogP contribution in [0, 0.1) is 6.92 Å². The summed E-state index contributed by atoms with van der Waals surface area (Å²) in [6, 6.07) is 5.11. The van der Waals surface area contributed by atoms with Crippen molar-refractivity contribution in [3.8, 4) is 0 Å². The Bertz CT molecular complexity index is 665. The van der Waals surface area contributed by atoms with Gasteiger partial charge in [0.25, 0.3) is 5.91 Å². The fourth-order valence-electron chi connectivity index (χ4n) is 1.89. The smallest absolute Gasteiger partial charge is 0.251 e. The summed E-state index contributed by atoms with van der Waals surface area (Å²) in [4.78, 5) is 12.1. The van der Waals surface area contributed by atoms with Crippen molar-refractivity contribution >= 4 is 17.5 Å². The van der Waals surface area contributed by atoms with E-state index >= 15 is 0 Å². The average molecular weight is 308 g/mol. The highest BCUT2D eigenvalue weighted by Gasteiger charge is 2.25. The zero-order valence-corrected chi connectivity index (χ0v) is 13.0.